The van der Waals surface area contributed by atoms with Crippen LogP contribution in [0.4, 0.5) is 24.7 Å². The molecule has 1 fully saturated rings. The molecule has 0 unspecified atom stereocenters. The molecule has 1 amide bonds. The van der Waals surface area contributed by atoms with Gasteiger partial charge in [0.2, 0.25) is 5.91 Å². The fourth-order valence-electron chi connectivity index (χ4n) is 3.05. The van der Waals surface area contributed by atoms with Crippen LogP contribution in [-0.2, 0) is 11.0 Å². The van der Waals surface area contributed by atoms with Crippen molar-refractivity contribution >= 4 is 33.3 Å². The average Bonchev–Trinajstić information content (AvgIpc) is 2.63. The van der Waals surface area contributed by atoms with Crippen LogP contribution in [0.15, 0.2) is 47.1 Å². The molecule has 1 aromatic carbocycles. The number of amides is 1. The van der Waals surface area contributed by atoms with Crippen LogP contribution in [0.3, 0.4) is 0 Å². The van der Waals surface area contributed by atoms with E-state index in [1.54, 1.807) is 17.0 Å². The molecule has 1 atom stereocenters. The van der Waals surface area contributed by atoms with E-state index in [2.05, 4.69) is 26.2 Å². The minimum atomic E-state index is -4.48. The van der Waals surface area contributed by atoms with Gasteiger partial charge < -0.3 is 10.2 Å². The fourth-order valence-corrected chi connectivity index (χ4v) is 3.44. The minimum absolute atomic E-state index is 0.113. The zero-order valence-electron chi connectivity index (χ0n) is 13.8. The highest BCUT2D eigenvalue weighted by atomic mass is 79.9. The number of halogens is 4. The quantitative estimate of drug-likeness (QED) is 0.770. The Morgan fingerprint density at radius 2 is 2.00 bits per heavy atom. The second kappa shape index (κ2) is 7.65. The molecule has 2 aromatic rings. The lowest BCUT2D eigenvalue weighted by Gasteiger charge is -2.34. The van der Waals surface area contributed by atoms with Crippen molar-refractivity contribution in [3.8, 4) is 0 Å². The number of pyridine rings is 1. The highest BCUT2D eigenvalue weighted by Crippen LogP contribution is 2.36. The number of aromatic nitrogens is 1. The molecular formula is C18H17BrF3N3O. The molecule has 0 spiro atoms. The number of carbonyl (C=O) groups is 1. The molecule has 2 heterocycles. The number of alkyl halides is 3. The van der Waals surface area contributed by atoms with Crippen LogP contribution >= 0.6 is 15.9 Å². The Morgan fingerprint density at radius 3 is 2.73 bits per heavy atom. The second-order valence-corrected chi connectivity index (χ2v) is 6.98. The number of nitrogens with one attached hydrogen (secondary N) is 1. The number of hydrogen-bond acceptors (Lipinski definition) is 3. The van der Waals surface area contributed by atoms with E-state index in [4.69, 9.17) is 0 Å². The summed E-state index contributed by atoms with van der Waals surface area (Å²) in [5.41, 5.74) is -0.129. The van der Waals surface area contributed by atoms with Gasteiger partial charge in [0.05, 0.1) is 17.2 Å². The first-order valence-corrected chi connectivity index (χ1v) is 8.98. The Labute approximate surface area is 157 Å². The van der Waals surface area contributed by atoms with Crippen molar-refractivity contribution in [2.24, 2.45) is 5.92 Å². The lowest BCUT2D eigenvalue weighted by Crippen LogP contribution is -2.42. The lowest BCUT2D eigenvalue weighted by atomic mass is 9.96. The van der Waals surface area contributed by atoms with Crippen molar-refractivity contribution in [2.45, 2.75) is 19.0 Å². The molecule has 1 N–H and O–H groups in total. The molecule has 138 valence electrons. The Kier molecular flexibility index (Phi) is 5.50. The molecule has 0 radical (unpaired) electrons. The minimum Gasteiger partial charge on any atom is -0.355 e. The van der Waals surface area contributed by atoms with Crippen molar-refractivity contribution in [1.82, 2.24) is 4.98 Å². The summed E-state index contributed by atoms with van der Waals surface area (Å²) >= 11 is 3.37. The van der Waals surface area contributed by atoms with Gasteiger partial charge in [-0.05, 0) is 53.0 Å². The third-order valence-corrected chi connectivity index (χ3v) is 5.01. The molecule has 0 bridgehead atoms. The van der Waals surface area contributed by atoms with Gasteiger partial charge in [-0.3, -0.25) is 4.79 Å². The molecule has 0 saturated carbocycles. The Bertz CT molecular complexity index is 797. The van der Waals surface area contributed by atoms with Gasteiger partial charge in [-0.15, -0.1) is 0 Å². The standard InChI is InChI=1S/C18H17BrF3N3O/c19-14-7-1-2-8-15(14)24-17(26)12-5-4-10-25(11-12)16-13(18(20,21)22)6-3-9-23-16/h1-3,6-9,12H,4-5,10-11H2,(H,24,26)/t12-/m1/s1. The van der Waals surface area contributed by atoms with Gasteiger partial charge in [0.15, 0.2) is 0 Å². The van der Waals surface area contributed by atoms with Crippen molar-refractivity contribution in [1.29, 1.82) is 0 Å². The smallest absolute Gasteiger partial charge is 0.355 e. The summed E-state index contributed by atoms with van der Waals surface area (Å²) in [4.78, 5) is 18.1. The van der Waals surface area contributed by atoms with Gasteiger partial charge in [0.25, 0.3) is 0 Å². The maximum Gasteiger partial charge on any atom is 0.419 e. The monoisotopic (exact) mass is 427 g/mol. The highest BCUT2D eigenvalue weighted by molar-refractivity contribution is 9.10. The lowest BCUT2D eigenvalue weighted by molar-refractivity contribution is -0.137. The van der Waals surface area contributed by atoms with Gasteiger partial charge in [-0.25, -0.2) is 4.98 Å². The molecule has 26 heavy (non-hydrogen) atoms. The Morgan fingerprint density at radius 1 is 1.23 bits per heavy atom. The van der Waals surface area contributed by atoms with E-state index in [0.29, 0.717) is 25.1 Å². The van der Waals surface area contributed by atoms with E-state index < -0.39 is 17.7 Å². The number of nitrogens with zero attached hydrogens (tertiary/aromatic N) is 2. The van der Waals surface area contributed by atoms with E-state index in [0.717, 1.165) is 10.5 Å². The van der Waals surface area contributed by atoms with E-state index in [9.17, 15) is 18.0 Å². The first kappa shape index (κ1) is 18.7. The van der Waals surface area contributed by atoms with Crippen molar-refractivity contribution in [3.63, 3.8) is 0 Å². The molecule has 0 aliphatic carbocycles. The van der Waals surface area contributed by atoms with Gasteiger partial charge in [-0.1, -0.05) is 12.1 Å². The van der Waals surface area contributed by atoms with Crippen molar-refractivity contribution in [2.75, 3.05) is 23.3 Å². The fraction of sp³-hybridized carbons (Fsp3) is 0.333. The zero-order chi connectivity index (χ0) is 18.7. The highest BCUT2D eigenvalue weighted by Gasteiger charge is 2.37. The number of carbonyl (C=O) groups excluding carboxylic acids is 1. The normalized spacial score (nSPS) is 17.8. The summed E-state index contributed by atoms with van der Waals surface area (Å²) in [5, 5.41) is 2.84. The molecule has 1 aromatic heterocycles. The third-order valence-electron chi connectivity index (χ3n) is 4.32. The number of anilines is 2. The topological polar surface area (TPSA) is 45.2 Å². The van der Waals surface area contributed by atoms with E-state index >= 15 is 0 Å². The number of hydrogen-bond donors (Lipinski definition) is 1. The summed E-state index contributed by atoms with van der Waals surface area (Å²) in [5.74, 6) is -0.719. The Balaban J connectivity index is 1.76. The molecular weight excluding hydrogens is 411 g/mol. The van der Waals surface area contributed by atoms with Crippen molar-refractivity contribution in [3.05, 3.63) is 52.6 Å². The van der Waals surface area contributed by atoms with E-state index in [1.807, 2.05) is 12.1 Å². The first-order chi connectivity index (χ1) is 12.4. The summed E-state index contributed by atoms with van der Waals surface area (Å²) in [6.45, 7) is 0.648. The van der Waals surface area contributed by atoms with E-state index in [1.165, 1.54) is 12.3 Å². The second-order valence-electron chi connectivity index (χ2n) is 6.13. The molecule has 3 rings (SSSR count). The maximum atomic E-state index is 13.2. The van der Waals surface area contributed by atoms with Crippen LogP contribution in [0.2, 0.25) is 0 Å². The van der Waals surface area contributed by atoms with Crippen LogP contribution in [0.25, 0.3) is 0 Å². The first-order valence-electron chi connectivity index (χ1n) is 8.19. The van der Waals surface area contributed by atoms with Crippen LogP contribution in [0, 0.1) is 5.92 Å². The molecule has 1 aliphatic heterocycles. The molecule has 8 heteroatoms. The Hall–Kier alpha value is -2.09. The summed E-state index contributed by atoms with van der Waals surface area (Å²) in [6.07, 6.45) is -1.88. The number of benzene rings is 1. The number of para-hydroxylation sites is 1. The van der Waals surface area contributed by atoms with Crippen LogP contribution in [0.5, 0.6) is 0 Å². The summed E-state index contributed by atoms with van der Waals surface area (Å²) in [6, 6.07) is 9.51. The summed E-state index contributed by atoms with van der Waals surface area (Å²) in [7, 11) is 0. The maximum absolute atomic E-state index is 13.2. The van der Waals surface area contributed by atoms with Crippen LogP contribution in [-0.4, -0.2) is 24.0 Å². The predicted molar refractivity (Wildman–Crippen MR) is 96.9 cm³/mol. The largest absolute Gasteiger partial charge is 0.419 e. The number of piperidine rings is 1. The van der Waals surface area contributed by atoms with Crippen LogP contribution < -0.4 is 10.2 Å². The average molecular weight is 428 g/mol. The van der Waals surface area contributed by atoms with Gasteiger partial charge in [0.1, 0.15) is 5.82 Å². The SMILES string of the molecule is O=C(Nc1ccccc1Br)[C@@H]1CCCN(c2ncccc2C(F)(F)F)C1. The molecule has 1 saturated heterocycles. The van der Waals surface area contributed by atoms with Crippen LogP contribution in [0.1, 0.15) is 18.4 Å². The predicted octanol–water partition coefficient (Wildman–Crippen LogP) is 4.72. The molecule has 4 nitrogen and oxygen atoms in total. The third kappa shape index (κ3) is 4.17. The van der Waals surface area contributed by atoms with Gasteiger partial charge >= 0.3 is 6.18 Å². The van der Waals surface area contributed by atoms with Gasteiger partial charge in [-0.2, -0.15) is 13.2 Å². The number of rotatable bonds is 3. The van der Waals surface area contributed by atoms with Gasteiger partial charge in [0, 0.05) is 23.8 Å². The zero-order valence-corrected chi connectivity index (χ0v) is 15.3. The molecule has 1 aliphatic rings. The van der Waals surface area contributed by atoms with Crippen molar-refractivity contribution < 1.29 is 18.0 Å². The summed E-state index contributed by atoms with van der Waals surface area (Å²) < 4.78 is 40.5. The van der Waals surface area contributed by atoms with E-state index in [-0.39, 0.29) is 18.3 Å².